The maximum atomic E-state index is 11.7. The summed E-state index contributed by atoms with van der Waals surface area (Å²) in [6.07, 6.45) is 0.229. The summed E-state index contributed by atoms with van der Waals surface area (Å²) in [5.41, 5.74) is 1.42. The van der Waals surface area contributed by atoms with Crippen LogP contribution in [0.25, 0.3) is 0 Å². The lowest BCUT2D eigenvalue weighted by Gasteiger charge is -2.15. The predicted molar refractivity (Wildman–Crippen MR) is 61.7 cm³/mol. The van der Waals surface area contributed by atoms with Gasteiger partial charge in [0.25, 0.3) is 0 Å². The lowest BCUT2D eigenvalue weighted by molar-refractivity contribution is -0.116. The summed E-state index contributed by atoms with van der Waals surface area (Å²) in [4.78, 5) is 24.5. The summed E-state index contributed by atoms with van der Waals surface area (Å²) in [5, 5.41) is 3.18. The molecule has 0 saturated carbocycles. The van der Waals surface area contributed by atoms with Crippen LogP contribution in [0, 0.1) is 0 Å². The predicted octanol–water partition coefficient (Wildman–Crippen LogP) is 1.96. The van der Waals surface area contributed by atoms with E-state index in [1.54, 1.807) is 25.1 Å². The monoisotopic (exact) mass is 238 g/mol. The molecule has 3 amide bonds. The van der Waals surface area contributed by atoms with Crippen molar-refractivity contribution in [1.82, 2.24) is 5.32 Å². The van der Waals surface area contributed by atoms with E-state index in [2.05, 4.69) is 5.32 Å². The van der Waals surface area contributed by atoms with E-state index in [0.29, 0.717) is 17.3 Å². The van der Waals surface area contributed by atoms with Crippen molar-refractivity contribution in [3.8, 4) is 0 Å². The molecule has 1 aromatic carbocycles. The number of halogens is 1. The Bertz CT molecular complexity index is 459. The highest BCUT2D eigenvalue weighted by Crippen LogP contribution is 2.31. The number of carbonyl (C=O) groups excluding carboxylic acids is 2. The number of nitrogens with zero attached hydrogens (tertiary/aromatic N) is 1. The van der Waals surface area contributed by atoms with E-state index in [9.17, 15) is 9.59 Å². The number of amides is 3. The molecule has 5 heteroatoms. The van der Waals surface area contributed by atoms with E-state index in [1.165, 1.54) is 0 Å². The number of imide groups is 1. The normalized spacial score (nSPS) is 13.9. The standard InChI is InChI=1S/C11H11ClN2O2/c1-2-13-11(16)14-9-4-3-8(12)5-7(9)6-10(14)15/h3-5H,2,6H2,1H3,(H,13,16). The van der Waals surface area contributed by atoms with Crippen molar-refractivity contribution in [2.75, 3.05) is 11.4 Å². The maximum absolute atomic E-state index is 11.7. The number of urea groups is 1. The largest absolute Gasteiger partial charge is 0.338 e. The van der Waals surface area contributed by atoms with Gasteiger partial charge in [-0.05, 0) is 30.7 Å². The third kappa shape index (κ3) is 1.76. The fourth-order valence-electron chi connectivity index (χ4n) is 1.74. The molecule has 0 aromatic heterocycles. The smallest absolute Gasteiger partial charge is 0.328 e. The van der Waals surface area contributed by atoms with Crippen LogP contribution < -0.4 is 10.2 Å². The van der Waals surface area contributed by atoms with Gasteiger partial charge in [0.1, 0.15) is 0 Å². The number of nitrogens with one attached hydrogen (secondary N) is 1. The molecular formula is C11H11ClN2O2. The van der Waals surface area contributed by atoms with Gasteiger partial charge in [0, 0.05) is 11.6 Å². The molecule has 0 atom stereocenters. The second kappa shape index (κ2) is 4.14. The number of hydrogen-bond donors (Lipinski definition) is 1. The van der Waals surface area contributed by atoms with Gasteiger partial charge in [0.2, 0.25) is 5.91 Å². The third-order valence-corrected chi connectivity index (χ3v) is 2.64. The first kappa shape index (κ1) is 11.0. The van der Waals surface area contributed by atoms with Crippen molar-refractivity contribution < 1.29 is 9.59 Å². The topological polar surface area (TPSA) is 49.4 Å². The van der Waals surface area contributed by atoms with Gasteiger partial charge in [0.15, 0.2) is 0 Å². The van der Waals surface area contributed by atoms with Crippen molar-refractivity contribution in [3.63, 3.8) is 0 Å². The first-order valence-corrected chi connectivity index (χ1v) is 5.40. The number of fused-ring (bicyclic) bond motifs is 1. The van der Waals surface area contributed by atoms with Crippen LogP contribution in [0.15, 0.2) is 18.2 Å². The molecule has 0 bridgehead atoms. The van der Waals surface area contributed by atoms with Crippen LogP contribution >= 0.6 is 11.6 Å². The van der Waals surface area contributed by atoms with Crippen LogP contribution in [0.1, 0.15) is 12.5 Å². The van der Waals surface area contributed by atoms with Crippen molar-refractivity contribution >= 4 is 29.2 Å². The molecule has 1 heterocycles. The van der Waals surface area contributed by atoms with Gasteiger partial charge >= 0.3 is 6.03 Å². The van der Waals surface area contributed by atoms with E-state index in [-0.39, 0.29) is 18.4 Å². The second-order valence-corrected chi connectivity index (χ2v) is 3.95. The molecule has 1 aliphatic rings. The Balaban J connectivity index is 2.36. The molecule has 2 rings (SSSR count). The average molecular weight is 239 g/mol. The second-order valence-electron chi connectivity index (χ2n) is 3.51. The van der Waals surface area contributed by atoms with Gasteiger partial charge in [-0.1, -0.05) is 11.6 Å². The summed E-state index contributed by atoms with van der Waals surface area (Å²) >= 11 is 5.83. The maximum Gasteiger partial charge on any atom is 0.328 e. The number of carbonyl (C=O) groups is 2. The number of benzene rings is 1. The minimum Gasteiger partial charge on any atom is -0.338 e. The Hall–Kier alpha value is -1.55. The van der Waals surface area contributed by atoms with E-state index in [4.69, 9.17) is 11.6 Å². The molecule has 84 valence electrons. The summed E-state index contributed by atoms with van der Waals surface area (Å²) in [7, 11) is 0. The highest BCUT2D eigenvalue weighted by Gasteiger charge is 2.31. The molecule has 1 aromatic rings. The Labute approximate surface area is 98.2 Å². The van der Waals surface area contributed by atoms with Gasteiger partial charge in [-0.15, -0.1) is 0 Å². The average Bonchev–Trinajstić information content (AvgIpc) is 2.53. The molecule has 16 heavy (non-hydrogen) atoms. The molecule has 0 radical (unpaired) electrons. The summed E-state index contributed by atoms with van der Waals surface area (Å²) < 4.78 is 0. The summed E-state index contributed by atoms with van der Waals surface area (Å²) in [6.45, 7) is 2.30. The first-order valence-electron chi connectivity index (χ1n) is 5.02. The fourth-order valence-corrected chi connectivity index (χ4v) is 1.94. The van der Waals surface area contributed by atoms with Gasteiger partial charge in [-0.3, -0.25) is 4.79 Å². The third-order valence-electron chi connectivity index (χ3n) is 2.40. The molecule has 0 aliphatic carbocycles. The molecule has 0 spiro atoms. The van der Waals surface area contributed by atoms with E-state index in [0.717, 1.165) is 10.5 Å². The lowest BCUT2D eigenvalue weighted by Crippen LogP contribution is -2.41. The van der Waals surface area contributed by atoms with Crippen molar-refractivity contribution in [1.29, 1.82) is 0 Å². The quantitative estimate of drug-likeness (QED) is 0.813. The van der Waals surface area contributed by atoms with Gasteiger partial charge in [0.05, 0.1) is 12.1 Å². The molecular weight excluding hydrogens is 228 g/mol. The van der Waals surface area contributed by atoms with Gasteiger partial charge < -0.3 is 5.32 Å². The molecule has 0 saturated heterocycles. The van der Waals surface area contributed by atoms with Crippen LogP contribution in [0.4, 0.5) is 10.5 Å². The van der Waals surface area contributed by atoms with Crippen molar-refractivity contribution in [3.05, 3.63) is 28.8 Å². The van der Waals surface area contributed by atoms with Gasteiger partial charge in [-0.25, -0.2) is 9.69 Å². The molecule has 4 nitrogen and oxygen atoms in total. The SMILES string of the molecule is CCNC(=O)N1C(=O)Cc2cc(Cl)ccc21. The summed E-state index contributed by atoms with van der Waals surface area (Å²) in [5.74, 6) is -0.219. The fraction of sp³-hybridized carbons (Fsp3) is 0.273. The Kier molecular flexibility index (Phi) is 2.83. The summed E-state index contributed by atoms with van der Waals surface area (Å²) in [6, 6.07) is 4.70. The van der Waals surface area contributed by atoms with E-state index < -0.39 is 0 Å². The molecule has 1 aliphatic heterocycles. The van der Waals surface area contributed by atoms with Crippen LogP contribution in [-0.4, -0.2) is 18.5 Å². The lowest BCUT2D eigenvalue weighted by atomic mass is 10.2. The van der Waals surface area contributed by atoms with Gasteiger partial charge in [-0.2, -0.15) is 0 Å². The molecule has 0 fully saturated rings. The van der Waals surface area contributed by atoms with E-state index in [1.807, 2.05) is 0 Å². The van der Waals surface area contributed by atoms with E-state index >= 15 is 0 Å². The van der Waals surface area contributed by atoms with Crippen LogP contribution in [0.5, 0.6) is 0 Å². The minimum absolute atomic E-state index is 0.219. The highest BCUT2D eigenvalue weighted by atomic mass is 35.5. The Morgan fingerprint density at radius 2 is 2.31 bits per heavy atom. The first-order chi connectivity index (χ1) is 7.63. The van der Waals surface area contributed by atoms with Crippen LogP contribution in [0.2, 0.25) is 5.02 Å². The molecule has 0 unspecified atom stereocenters. The molecule has 1 N–H and O–H groups in total. The Morgan fingerprint density at radius 1 is 1.56 bits per heavy atom. The number of anilines is 1. The van der Waals surface area contributed by atoms with Crippen molar-refractivity contribution in [2.45, 2.75) is 13.3 Å². The highest BCUT2D eigenvalue weighted by molar-refractivity contribution is 6.31. The zero-order valence-electron chi connectivity index (χ0n) is 8.79. The number of rotatable bonds is 1. The Morgan fingerprint density at radius 3 is 3.00 bits per heavy atom. The number of hydrogen-bond acceptors (Lipinski definition) is 2. The minimum atomic E-state index is -0.381. The van der Waals surface area contributed by atoms with Crippen molar-refractivity contribution in [2.24, 2.45) is 0 Å². The van der Waals surface area contributed by atoms with Crippen LogP contribution in [0.3, 0.4) is 0 Å². The zero-order chi connectivity index (χ0) is 11.7. The zero-order valence-corrected chi connectivity index (χ0v) is 9.54. The van der Waals surface area contributed by atoms with Crippen LogP contribution in [-0.2, 0) is 11.2 Å².